The lowest BCUT2D eigenvalue weighted by atomic mass is 10.3. The largest absolute Gasteiger partial charge is 0.295 e. The van der Waals surface area contributed by atoms with Crippen molar-refractivity contribution in [3.8, 4) is 0 Å². The zero-order valence-corrected chi connectivity index (χ0v) is 10.9. The minimum Gasteiger partial charge on any atom is -0.295 e. The first-order valence-electron chi connectivity index (χ1n) is 4.94. The Kier molecular flexibility index (Phi) is 92.1. The van der Waals surface area contributed by atoms with Crippen molar-refractivity contribution < 1.29 is 9.59 Å². The van der Waals surface area contributed by atoms with E-state index in [2.05, 4.69) is 33.9 Å². The van der Waals surface area contributed by atoms with Gasteiger partial charge in [-0.25, -0.2) is 0 Å². The van der Waals surface area contributed by atoms with E-state index < -0.39 is 0 Å². The van der Waals surface area contributed by atoms with Crippen molar-refractivity contribution in [3.05, 3.63) is 24.8 Å². The van der Waals surface area contributed by atoms with Gasteiger partial charge >= 0.3 is 0 Å². The first-order valence-corrected chi connectivity index (χ1v) is 4.94. The first-order chi connectivity index (χ1) is 6.64. The number of Topliss-reactive ketones (excluding diaryl/α,β-unsaturated/α-hetero) is 1. The molecule has 0 fully saturated rings. The molecule has 0 heterocycles. The first kappa shape index (κ1) is 51.0. The zero-order valence-electron chi connectivity index (χ0n) is 10.9. The molecule has 0 aliphatic heterocycles. The summed E-state index contributed by atoms with van der Waals surface area (Å²) in [5.41, 5.74) is 0.620. The van der Waals surface area contributed by atoms with Gasteiger partial charge in [0.25, 0.3) is 0 Å². The fourth-order valence-electron chi connectivity index (χ4n) is 0. The van der Waals surface area contributed by atoms with Crippen LogP contribution in [0, 0.1) is 5.92 Å². The van der Waals surface area contributed by atoms with E-state index in [0.717, 1.165) is 5.92 Å². The predicted octanol–water partition coefficient (Wildman–Crippen LogP) is 6.76. The molecule has 20 heavy (non-hydrogen) atoms. The number of allylic oxidation sites excluding steroid dienone is 2. The van der Waals surface area contributed by atoms with Gasteiger partial charge in [0.15, 0.2) is 11.6 Å². The quantitative estimate of drug-likeness (QED) is 0.527. The average molecular weight is 293 g/mol. The van der Waals surface area contributed by atoms with E-state index in [9.17, 15) is 9.59 Å². The van der Waals surface area contributed by atoms with E-state index in [4.69, 9.17) is 0 Å². The van der Waals surface area contributed by atoms with E-state index in [1.807, 2.05) is 0 Å². The van der Waals surface area contributed by atoms with Crippen LogP contribution in [-0.4, -0.2) is 11.6 Å². The maximum absolute atomic E-state index is 10.0. The zero-order chi connectivity index (χ0) is 13.0. The molecule has 0 saturated heterocycles. The monoisotopic (exact) mass is 292 g/mol. The second-order valence-corrected chi connectivity index (χ2v) is 3.88. The maximum Gasteiger partial charge on any atom is 0.154 e. The molecule has 0 rings (SSSR count). The van der Waals surface area contributed by atoms with Gasteiger partial charge in [-0.1, -0.05) is 71.1 Å². The summed E-state index contributed by atoms with van der Waals surface area (Å²) >= 11 is 0. The van der Waals surface area contributed by atoms with Crippen LogP contribution in [-0.2, 0) is 9.59 Å². The van der Waals surface area contributed by atoms with Crippen LogP contribution in [0.4, 0.5) is 0 Å². The van der Waals surface area contributed by atoms with Crippen molar-refractivity contribution in [2.24, 2.45) is 5.92 Å². The van der Waals surface area contributed by atoms with Crippen molar-refractivity contribution in [1.29, 1.82) is 0 Å². The van der Waals surface area contributed by atoms with Gasteiger partial charge in [0.1, 0.15) is 0 Å². The topological polar surface area (TPSA) is 34.1 Å². The van der Waals surface area contributed by atoms with Crippen LogP contribution >= 0.6 is 0 Å². The number of rotatable bonds is 2. The van der Waals surface area contributed by atoms with Gasteiger partial charge in [-0.15, -0.1) is 0 Å². The molecule has 2 nitrogen and oxygen atoms in total. The van der Waals surface area contributed by atoms with Crippen LogP contribution in [0.5, 0.6) is 0 Å². The Hall–Kier alpha value is -1.18. The van der Waals surface area contributed by atoms with Crippen molar-refractivity contribution >= 4 is 11.6 Å². The second-order valence-electron chi connectivity index (χ2n) is 3.88. The summed E-state index contributed by atoms with van der Waals surface area (Å²) in [6.45, 7) is 17.8. The summed E-state index contributed by atoms with van der Waals surface area (Å²) in [4.78, 5) is 19.7. The highest BCUT2D eigenvalue weighted by Crippen LogP contribution is 1.84. The Labute approximate surface area is 131 Å². The minimum atomic E-state index is 0. The van der Waals surface area contributed by atoms with E-state index >= 15 is 0 Å². The van der Waals surface area contributed by atoms with Gasteiger partial charge in [-0.3, -0.25) is 9.59 Å². The fraction of sp³-hybridized carbons (Fsp3) is 0.667. The molecule has 2 heteroatoms. The summed E-state index contributed by atoms with van der Waals surface area (Å²) < 4.78 is 0. The number of carbonyl (C=O) groups excluding carboxylic acids is 2. The Morgan fingerprint density at radius 3 is 0.950 bits per heavy atom. The molecular formula is C18H44O2. The molecule has 0 spiro atoms. The Morgan fingerprint density at radius 1 is 0.850 bits per heavy atom. The Bertz CT molecular complexity index is 199. The lowest BCUT2D eigenvalue weighted by Crippen LogP contribution is -1.86. The lowest BCUT2D eigenvalue weighted by Gasteiger charge is -1.80. The predicted molar refractivity (Wildman–Crippen MR) is 101 cm³/mol. The Morgan fingerprint density at radius 2 is 0.950 bits per heavy atom. The van der Waals surface area contributed by atoms with Crippen LogP contribution in [0.2, 0.25) is 0 Å². The third-order valence-electron chi connectivity index (χ3n) is 0.888. The van der Waals surface area contributed by atoms with Gasteiger partial charge in [-0.05, 0) is 38.3 Å². The third kappa shape index (κ3) is 181. The molecule has 0 aromatic rings. The van der Waals surface area contributed by atoms with Gasteiger partial charge in [-0.2, -0.15) is 0 Å². The molecule has 0 aliphatic rings. The van der Waals surface area contributed by atoms with Crippen molar-refractivity contribution in [3.63, 3.8) is 0 Å². The van der Waals surface area contributed by atoms with E-state index in [0.29, 0.717) is 5.57 Å². The summed E-state index contributed by atoms with van der Waals surface area (Å²) in [7, 11) is 0. The van der Waals surface area contributed by atoms with Crippen molar-refractivity contribution in [1.82, 2.24) is 0 Å². The molecule has 0 amide bonds. The Balaban J connectivity index is -0.0000000162. The van der Waals surface area contributed by atoms with E-state index in [1.54, 1.807) is 6.92 Å². The van der Waals surface area contributed by atoms with Gasteiger partial charge in [0, 0.05) is 0 Å². The van der Waals surface area contributed by atoms with Crippen LogP contribution in [0.3, 0.4) is 0 Å². The normalized spacial score (nSPS) is 5.75. The molecule has 0 aliphatic carbocycles. The molecule has 0 unspecified atom stereocenters. The molecule has 128 valence electrons. The van der Waals surface area contributed by atoms with E-state index in [1.165, 1.54) is 19.9 Å². The highest BCUT2D eigenvalue weighted by Gasteiger charge is 1.85. The number of carbonyl (C=O) groups is 2. The van der Waals surface area contributed by atoms with Gasteiger partial charge < -0.3 is 0 Å². The lowest BCUT2D eigenvalue weighted by molar-refractivity contribution is -0.114. The van der Waals surface area contributed by atoms with Gasteiger partial charge in [0.05, 0.1) is 0 Å². The highest BCUT2D eigenvalue weighted by molar-refractivity contribution is 5.91. The summed E-state index contributed by atoms with van der Waals surface area (Å²) in [5, 5.41) is 0. The molecule has 0 aromatic heterocycles. The van der Waals surface area contributed by atoms with Gasteiger partial charge in [0.2, 0.25) is 0 Å². The molecule has 0 atom stereocenters. The minimum absolute atomic E-state index is 0. The summed E-state index contributed by atoms with van der Waals surface area (Å²) in [6, 6.07) is 0. The maximum atomic E-state index is 10.0. The molecule has 0 saturated carbocycles. The number of ketones is 2. The molecular weight excluding hydrogens is 248 g/mol. The molecule has 0 N–H and O–H groups in total. The molecule has 0 aromatic carbocycles. The second kappa shape index (κ2) is 36.1. The molecule has 0 radical (unpaired) electrons. The van der Waals surface area contributed by atoms with Crippen LogP contribution in [0.1, 0.15) is 78.7 Å². The van der Waals surface area contributed by atoms with Crippen LogP contribution in [0.15, 0.2) is 24.8 Å². The third-order valence-corrected chi connectivity index (χ3v) is 0.888. The highest BCUT2D eigenvalue weighted by atomic mass is 16.1. The van der Waals surface area contributed by atoms with Crippen LogP contribution < -0.4 is 0 Å². The van der Waals surface area contributed by atoms with Crippen molar-refractivity contribution in [2.75, 3.05) is 0 Å². The summed E-state index contributed by atoms with van der Waals surface area (Å²) in [6.07, 6.45) is 1.28. The number of hydrogen-bond acceptors (Lipinski definition) is 2. The molecule has 0 bridgehead atoms. The van der Waals surface area contributed by atoms with Crippen LogP contribution in [0.25, 0.3) is 0 Å². The smallest absolute Gasteiger partial charge is 0.154 e. The van der Waals surface area contributed by atoms with Crippen molar-refractivity contribution in [2.45, 2.75) is 78.7 Å². The fourth-order valence-corrected chi connectivity index (χ4v) is 0. The van der Waals surface area contributed by atoms with E-state index in [-0.39, 0.29) is 48.7 Å². The average Bonchev–Trinajstić information content (AvgIpc) is 2.04. The standard InChI is InChI=1S/C5H8O.C4H6O.C4H10.5CH4/c1-4(2)5(3)6;1-3-4(2)5;1-4(2)3;;;;;/h1H2,2-3H3;3H,1H2,2H3;4H,1-3H3;5*1H4. The SMILES string of the molecule is C.C.C.C.C.C=C(C)C(C)=O.C=CC(C)=O.CC(C)C. The number of hydrogen-bond donors (Lipinski definition) is 0. The summed E-state index contributed by atoms with van der Waals surface area (Å²) in [5.74, 6) is 0.917.